The molecule has 0 bridgehead atoms. The normalized spacial score (nSPS) is 11.3. The van der Waals surface area contributed by atoms with E-state index in [4.69, 9.17) is 16.9 Å². The topological polar surface area (TPSA) is 127 Å². The number of aromatic nitrogens is 2. The van der Waals surface area contributed by atoms with Gasteiger partial charge in [0.05, 0.1) is 39.4 Å². The molecule has 0 fully saturated rings. The zero-order valence-electron chi connectivity index (χ0n) is 18.8. The molecule has 0 radical (unpaired) electrons. The van der Waals surface area contributed by atoms with E-state index in [9.17, 15) is 13.0 Å². The lowest BCUT2D eigenvalue weighted by atomic mass is 10.2. The Bertz CT molecular complexity index is 1270. The first-order valence-corrected chi connectivity index (χ1v) is 11.6. The van der Waals surface area contributed by atoms with Gasteiger partial charge in [0.2, 0.25) is 22.2 Å². The van der Waals surface area contributed by atoms with Gasteiger partial charge in [0, 0.05) is 29.9 Å². The van der Waals surface area contributed by atoms with E-state index in [2.05, 4.69) is 32.3 Å². The molecule has 33 heavy (non-hydrogen) atoms. The summed E-state index contributed by atoms with van der Waals surface area (Å²) in [6.45, 7) is 3.65. The van der Waals surface area contributed by atoms with Gasteiger partial charge in [-0.15, -0.1) is 5.11 Å². The Kier molecular flexibility index (Phi) is 9.31. The molecular formula is C21H25ClN6O4S. The minimum atomic E-state index is -4.41. The third-order valence-corrected chi connectivity index (χ3v) is 5.31. The van der Waals surface area contributed by atoms with Gasteiger partial charge in [-0.25, -0.2) is 17.6 Å². The highest BCUT2D eigenvalue weighted by Gasteiger charge is 2.16. The van der Waals surface area contributed by atoms with Gasteiger partial charge in [-0.05, 0) is 37.3 Å². The predicted octanol–water partition coefficient (Wildman–Crippen LogP) is 3.90. The molecule has 10 nitrogen and oxygen atoms in total. The summed E-state index contributed by atoms with van der Waals surface area (Å²) in [5.41, 5.74) is 4.56. The highest BCUT2D eigenvalue weighted by Crippen LogP contribution is 2.30. The van der Waals surface area contributed by atoms with Crippen LogP contribution in [0.3, 0.4) is 0 Å². The van der Waals surface area contributed by atoms with Gasteiger partial charge < -0.3 is 9.45 Å². The Morgan fingerprint density at radius 2 is 1.91 bits per heavy atom. The molecule has 3 rings (SSSR count). The van der Waals surface area contributed by atoms with Gasteiger partial charge in [0.15, 0.2) is 5.52 Å². The quantitative estimate of drug-likeness (QED) is 0.213. The van der Waals surface area contributed by atoms with Crippen molar-refractivity contribution in [1.29, 1.82) is 5.26 Å². The van der Waals surface area contributed by atoms with Gasteiger partial charge in [-0.3, -0.25) is 4.18 Å². The van der Waals surface area contributed by atoms with Crippen molar-refractivity contribution in [3.63, 3.8) is 0 Å². The minimum absolute atomic E-state index is 0.508. The molecule has 0 aliphatic rings. The molecule has 0 atom stereocenters. The number of anilines is 1. The van der Waals surface area contributed by atoms with Crippen LogP contribution in [0.4, 0.5) is 17.1 Å². The summed E-state index contributed by atoms with van der Waals surface area (Å²) < 4.78 is 35.0. The fourth-order valence-corrected chi connectivity index (χ4v) is 3.36. The maximum atomic E-state index is 9.22. The summed E-state index contributed by atoms with van der Waals surface area (Å²) in [5, 5.41) is 18.2. The number of azo groups is 1. The van der Waals surface area contributed by atoms with Crippen LogP contribution in [0.15, 0.2) is 53.0 Å². The Morgan fingerprint density at radius 3 is 2.45 bits per heavy atom. The number of hydrogen-bond acceptors (Lipinski definition) is 8. The second-order valence-electron chi connectivity index (χ2n) is 6.91. The number of nitrogens with zero attached hydrogens (tertiary/aromatic N) is 6. The Labute approximate surface area is 198 Å². The lowest BCUT2D eigenvalue weighted by Crippen LogP contribution is -2.25. The molecule has 12 heteroatoms. The second-order valence-corrected chi connectivity index (χ2v) is 8.50. The van der Waals surface area contributed by atoms with Crippen molar-refractivity contribution in [1.82, 2.24) is 4.57 Å². The minimum Gasteiger partial charge on any atom is -0.726 e. The van der Waals surface area contributed by atoms with E-state index in [1.54, 1.807) is 0 Å². The first kappa shape index (κ1) is 26.2. The molecule has 2 aromatic carbocycles. The molecular weight excluding hydrogens is 468 g/mol. The Morgan fingerprint density at radius 1 is 1.27 bits per heavy atom. The van der Waals surface area contributed by atoms with Gasteiger partial charge in [0.25, 0.3) is 0 Å². The number of aryl methyl sites for hydroxylation is 2. The average Bonchev–Trinajstić information content (AvgIpc) is 3.06. The van der Waals surface area contributed by atoms with Gasteiger partial charge >= 0.3 is 0 Å². The largest absolute Gasteiger partial charge is 0.726 e. The summed E-state index contributed by atoms with van der Waals surface area (Å²) >= 11 is 6.25. The molecule has 176 valence electrons. The summed E-state index contributed by atoms with van der Waals surface area (Å²) in [5.74, 6) is 0. The van der Waals surface area contributed by atoms with Crippen LogP contribution >= 0.6 is 11.6 Å². The number of imidazole rings is 1. The fraction of sp³-hybridized carbons (Fsp3) is 0.333. The lowest BCUT2D eigenvalue weighted by Gasteiger charge is -2.21. The van der Waals surface area contributed by atoms with Crippen molar-refractivity contribution < 1.29 is 21.7 Å². The van der Waals surface area contributed by atoms with Crippen LogP contribution in [0.2, 0.25) is 5.02 Å². The summed E-state index contributed by atoms with van der Waals surface area (Å²) in [6, 6.07) is 13.8. The SMILES string of the molecule is CCN(CCC#N)c1ccc(N=Nc2cc(Cl)cc3c2[n+](C)cn3C)cc1.COS(=O)(=O)[O-]. The number of benzene rings is 2. The van der Waals surface area contributed by atoms with E-state index < -0.39 is 10.4 Å². The van der Waals surface area contributed by atoms with Gasteiger partial charge in [0.1, 0.15) is 5.69 Å². The van der Waals surface area contributed by atoms with Crippen LogP contribution in [0.1, 0.15) is 13.3 Å². The molecule has 0 aliphatic carbocycles. The summed E-state index contributed by atoms with van der Waals surface area (Å²) in [4.78, 5) is 2.16. The molecule has 0 saturated heterocycles. The highest BCUT2D eigenvalue weighted by atomic mass is 35.5. The van der Waals surface area contributed by atoms with E-state index in [0.29, 0.717) is 11.4 Å². The second kappa shape index (κ2) is 11.7. The predicted molar refractivity (Wildman–Crippen MR) is 125 cm³/mol. The molecule has 1 aromatic heterocycles. The van der Waals surface area contributed by atoms with Crippen molar-refractivity contribution in [2.24, 2.45) is 24.3 Å². The molecule has 0 unspecified atom stereocenters. The highest BCUT2D eigenvalue weighted by molar-refractivity contribution is 7.80. The van der Waals surface area contributed by atoms with E-state index in [0.717, 1.165) is 48.3 Å². The molecule has 0 aliphatic heterocycles. The van der Waals surface area contributed by atoms with E-state index in [1.165, 1.54) is 0 Å². The van der Waals surface area contributed by atoms with Crippen molar-refractivity contribution in [2.75, 3.05) is 25.1 Å². The number of nitriles is 1. The molecule has 3 aromatic rings. The van der Waals surface area contributed by atoms with Crippen LogP contribution < -0.4 is 9.47 Å². The number of hydrogen-bond donors (Lipinski definition) is 0. The van der Waals surface area contributed by atoms with Crippen LogP contribution in [0.5, 0.6) is 0 Å². The van der Waals surface area contributed by atoms with Crippen molar-refractivity contribution >= 4 is 50.1 Å². The molecule has 0 spiro atoms. The first-order chi connectivity index (χ1) is 15.6. The Hall–Kier alpha value is -3.04. The van der Waals surface area contributed by atoms with Crippen molar-refractivity contribution in [2.45, 2.75) is 13.3 Å². The maximum absolute atomic E-state index is 9.22. The van der Waals surface area contributed by atoms with E-state index >= 15 is 0 Å². The zero-order valence-corrected chi connectivity index (χ0v) is 20.3. The number of rotatable bonds is 7. The number of fused-ring (bicyclic) bond motifs is 1. The fourth-order valence-electron chi connectivity index (χ4n) is 3.15. The summed E-state index contributed by atoms with van der Waals surface area (Å²) in [6.07, 6.45) is 2.49. The maximum Gasteiger partial charge on any atom is 0.244 e. The molecule has 0 saturated carbocycles. The third-order valence-electron chi connectivity index (χ3n) is 4.68. The lowest BCUT2D eigenvalue weighted by molar-refractivity contribution is -0.645. The van der Waals surface area contributed by atoms with Crippen LogP contribution in [-0.2, 0) is 28.7 Å². The first-order valence-electron chi connectivity index (χ1n) is 9.89. The van der Waals surface area contributed by atoms with E-state index in [1.807, 2.05) is 66.0 Å². The van der Waals surface area contributed by atoms with Crippen LogP contribution in [0.25, 0.3) is 11.0 Å². The molecule has 1 heterocycles. The third kappa shape index (κ3) is 7.50. The van der Waals surface area contributed by atoms with Crippen LogP contribution in [0, 0.1) is 11.3 Å². The summed E-state index contributed by atoms with van der Waals surface area (Å²) in [7, 11) is 0.349. The van der Waals surface area contributed by atoms with Gasteiger partial charge in [-0.2, -0.15) is 10.4 Å². The van der Waals surface area contributed by atoms with Crippen molar-refractivity contribution in [3.8, 4) is 6.07 Å². The van der Waals surface area contributed by atoms with Crippen LogP contribution in [-0.4, -0.2) is 37.7 Å². The van der Waals surface area contributed by atoms with E-state index in [-0.39, 0.29) is 0 Å². The molecule has 0 N–H and O–H groups in total. The zero-order chi connectivity index (χ0) is 24.6. The number of halogens is 1. The standard InChI is InChI=1S/C20H22ClN6.CH4O4S/c1-4-27(11-5-10-22)17-8-6-16(7-9-17)23-24-18-12-15(21)13-19-20(18)26(3)14-25(19)2;1-5-6(2,3)4/h6-9,12-14H,4-5,11H2,1-3H3;1H3,(H,2,3,4)/q+1;/p-1. The van der Waals surface area contributed by atoms with Gasteiger partial charge in [-0.1, -0.05) is 11.6 Å². The monoisotopic (exact) mass is 492 g/mol. The Balaban J connectivity index is 0.000000569. The van der Waals surface area contributed by atoms with Crippen molar-refractivity contribution in [3.05, 3.63) is 47.7 Å². The molecule has 0 amide bonds. The smallest absolute Gasteiger partial charge is 0.244 e. The average molecular weight is 493 g/mol.